The Hall–Kier alpha value is -3.09. The molecule has 0 saturated carbocycles. The van der Waals surface area contributed by atoms with Crippen LogP contribution >= 0.6 is 0 Å². The Balaban J connectivity index is 1.51. The molecule has 2 N–H and O–H groups in total. The summed E-state index contributed by atoms with van der Waals surface area (Å²) in [5.41, 5.74) is 2.75. The summed E-state index contributed by atoms with van der Waals surface area (Å²) in [7, 11) is 0. The molecular formula is C24H28N4O2. The van der Waals surface area contributed by atoms with Gasteiger partial charge in [-0.25, -0.2) is 4.98 Å². The van der Waals surface area contributed by atoms with Gasteiger partial charge < -0.3 is 10.1 Å². The number of carbonyl (C=O) groups is 1. The van der Waals surface area contributed by atoms with Crippen molar-refractivity contribution in [2.24, 2.45) is 0 Å². The Kier molecular flexibility index (Phi) is 8.50. The maximum absolute atomic E-state index is 12.3. The van der Waals surface area contributed by atoms with Crippen molar-refractivity contribution >= 4 is 11.7 Å². The number of hydrogen-bond acceptors (Lipinski definition) is 5. The molecule has 1 unspecified atom stereocenters. The van der Waals surface area contributed by atoms with Gasteiger partial charge in [-0.05, 0) is 54.3 Å². The Morgan fingerprint density at radius 3 is 2.60 bits per heavy atom. The molecule has 0 aliphatic carbocycles. The van der Waals surface area contributed by atoms with Crippen molar-refractivity contribution in [2.75, 3.05) is 5.32 Å². The molecule has 6 heteroatoms. The number of amides is 1. The lowest BCUT2D eigenvalue weighted by molar-refractivity contribution is 0.00941. The zero-order valence-corrected chi connectivity index (χ0v) is 17.3. The molecule has 0 fully saturated rings. The minimum atomic E-state index is -0.172. The van der Waals surface area contributed by atoms with Gasteiger partial charge in [-0.15, -0.1) is 0 Å². The number of carbonyl (C=O) groups excluding carboxylic acids is 1. The number of rotatable bonds is 11. The van der Waals surface area contributed by atoms with Crippen LogP contribution in [0.4, 0.5) is 5.82 Å². The Bertz CT molecular complexity index is 886. The molecular weight excluding hydrogens is 376 g/mol. The van der Waals surface area contributed by atoms with Gasteiger partial charge in [-0.1, -0.05) is 37.6 Å². The van der Waals surface area contributed by atoms with Crippen LogP contribution in [-0.2, 0) is 17.9 Å². The summed E-state index contributed by atoms with van der Waals surface area (Å²) in [5, 5.41) is 6.27. The topological polar surface area (TPSA) is 76.1 Å². The van der Waals surface area contributed by atoms with Crippen molar-refractivity contribution in [1.82, 2.24) is 15.3 Å². The number of hydrogen-bond donors (Lipinski definition) is 2. The van der Waals surface area contributed by atoms with Crippen molar-refractivity contribution < 1.29 is 9.53 Å². The summed E-state index contributed by atoms with van der Waals surface area (Å²) in [6.07, 6.45) is 8.36. The van der Waals surface area contributed by atoms with Crippen LogP contribution in [0.2, 0.25) is 0 Å². The molecule has 0 radical (unpaired) electrons. The van der Waals surface area contributed by atoms with Gasteiger partial charge in [-0.2, -0.15) is 0 Å². The van der Waals surface area contributed by atoms with E-state index in [4.69, 9.17) is 4.74 Å². The van der Waals surface area contributed by atoms with Crippen molar-refractivity contribution in [3.8, 4) is 0 Å². The average molecular weight is 405 g/mol. The lowest BCUT2D eigenvalue weighted by atomic mass is 10.1. The first-order chi connectivity index (χ1) is 14.7. The van der Waals surface area contributed by atoms with E-state index in [9.17, 15) is 4.79 Å². The molecule has 2 heterocycles. The summed E-state index contributed by atoms with van der Waals surface area (Å²) in [6, 6.07) is 16.9. The van der Waals surface area contributed by atoms with Crippen molar-refractivity contribution in [2.45, 2.75) is 45.6 Å². The average Bonchev–Trinajstić information content (AvgIpc) is 2.80. The van der Waals surface area contributed by atoms with Gasteiger partial charge >= 0.3 is 0 Å². The van der Waals surface area contributed by atoms with Crippen molar-refractivity contribution in [1.29, 1.82) is 0 Å². The molecule has 1 aromatic carbocycles. The predicted molar refractivity (Wildman–Crippen MR) is 118 cm³/mol. The number of unbranched alkanes of at least 4 members (excludes halogenated alkanes) is 1. The van der Waals surface area contributed by atoms with E-state index < -0.39 is 0 Å². The first kappa shape index (κ1) is 21.6. The number of aromatic nitrogens is 2. The zero-order valence-electron chi connectivity index (χ0n) is 17.3. The summed E-state index contributed by atoms with van der Waals surface area (Å²) in [6.45, 7) is 3.37. The summed E-state index contributed by atoms with van der Waals surface area (Å²) < 4.78 is 6.06. The first-order valence-corrected chi connectivity index (χ1v) is 10.3. The second kappa shape index (κ2) is 11.8. The summed E-state index contributed by atoms with van der Waals surface area (Å²) >= 11 is 0. The molecule has 0 bridgehead atoms. The second-order valence-electron chi connectivity index (χ2n) is 7.05. The number of nitrogens with one attached hydrogen (secondary N) is 2. The Labute approximate surface area is 177 Å². The minimum absolute atomic E-state index is 0.0303. The van der Waals surface area contributed by atoms with Crippen molar-refractivity contribution in [3.05, 3.63) is 89.9 Å². The molecule has 2 aromatic heterocycles. The highest BCUT2D eigenvalue weighted by atomic mass is 16.5. The Morgan fingerprint density at radius 1 is 1.03 bits per heavy atom. The fourth-order valence-corrected chi connectivity index (χ4v) is 2.95. The quantitative estimate of drug-likeness (QED) is 0.459. The van der Waals surface area contributed by atoms with E-state index in [1.165, 1.54) is 0 Å². The fraction of sp³-hybridized carbons (Fsp3) is 0.292. The molecule has 30 heavy (non-hydrogen) atoms. The third kappa shape index (κ3) is 7.06. The highest BCUT2D eigenvalue weighted by Crippen LogP contribution is 2.11. The monoisotopic (exact) mass is 404 g/mol. The number of benzene rings is 1. The zero-order chi connectivity index (χ0) is 21.0. The standard InChI is InChI=1S/C24H28N4O2/c1-2-3-9-23(30-18-20-7-6-14-25-16-20)27-17-19-10-12-21(13-11-19)24(29)28-22-8-4-5-15-26-22/h4-8,10-16,23,27H,2-3,9,17-18H2,1H3,(H,26,28,29). The lowest BCUT2D eigenvalue weighted by Gasteiger charge is -2.19. The molecule has 3 rings (SSSR count). The van der Waals surface area contributed by atoms with Gasteiger partial charge in [0.05, 0.1) is 6.61 Å². The van der Waals surface area contributed by atoms with Crippen molar-refractivity contribution in [3.63, 3.8) is 0 Å². The van der Waals surface area contributed by atoms with Gasteiger partial charge in [-0.3, -0.25) is 15.1 Å². The van der Waals surface area contributed by atoms with Gasteiger partial charge in [0, 0.05) is 30.7 Å². The smallest absolute Gasteiger partial charge is 0.256 e. The number of pyridine rings is 2. The van der Waals surface area contributed by atoms with Gasteiger partial charge in [0.1, 0.15) is 12.0 Å². The van der Waals surface area contributed by atoms with Crippen LogP contribution < -0.4 is 10.6 Å². The summed E-state index contributed by atoms with van der Waals surface area (Å²) in [5.74, 6) is 0.367. The third-order valence-corrected chi connectivity index (χ3v) is 4.65. The van der Waals surface area contributed by atoms with Gasteiger partial charge in [0.15, 0.2) is 0 Å². The molecule has 6 nitrogen and oxygen atoms in total. The maximum Gasteiger partial charge on any atom is 0.256 e. The number of anilines is 1. The highest BCUT2D eigenvalue weighted by molar-refractivity contribution is 6.03. The minimum Gasteiger partial charge on any atom is -0.359 e. The molecule has 0 spiro atoms. The van der Waals surface area contributed by atoms with E-state index in [-0.39, 0.29) is 12.1 Å². The normalized spacial score (nSPS) is 11.8. The first-order valence-electron chi connectivity index (χ1n) is 10.3. The van der Waals surface area contributed by atoms with E-state index in [2.05, 4.69) is 27.5 Å². The van der Waals surface area contributed by atoms with E-state index >= 15 is 0 Å². The highest BCUT2D eigenvalue weighted by Gasteiger charge is 2.10. The number of ether oxygens (including phenoxy) is 1. The Morgan fingerprint density at radius 2 is 1.90 bits per heavy atom. The molecule has 0 aliphatic rings. The van der Waals surface area contributed by atoms with Crippen LogP contribution in [0.15, 0.2) is 73.2 Å². The number of nitrogens with zero attached hydrogens (tertiary/aromatic N) is 2. The largest absolute Gasteiger partial charge is 0.359 e. The molecule has 156 valence electrons. The second-order valence-corrected chi connectivity index (χ2v) is 7.05. The lowest BCUT2D eigenvalue weighted by Crippen LogP contribution is -2.31. The van der Waals surface area contributed by atoms with E-state index in [1.807, 2.05) is 54.7 Å². The molecule has 1 amide bonds. The summed E-state index contributed by atoms with van der Waals surface area (Å²) in [4.78, 5) is 20.6. The van der Waals surface area contributed by atoms with E-state index in [1.54, 1.807) is 18.5 Å². The van der Waals surface area contributed by atoms with E-state index in [0.29, 0.717) is 24.5 Å². The fourth-order valence-electron chi connectivity index (χ4n) is 2.95. The van der Waals surface area contributed by atoms with Gasteiger partial charge in [0.25, 0.3) is 5.91 Å². The van der Waals surface area contributed by atoms with E-state index in [0.717, 1.165) is 30.4 Å². The van der Waals surface area contributed by atoms with Crippen LogP contribution in [0.5, 0.6) is 0 Å². The predicted octanol–water partition coefficient (Wildman–Crippen LogP) is 4.55. The van der Waals surface area contributed by atoms with Crippen LogP contribution in [-0.4, -0.2) is 22.1 Å². The molecule has 0 saturated heterocycles. The van der Waals surface area contributed by atoms with Crippen LogP contribution in [0.1, 0.15) is 47.7 Å². The van der Waals surface area contributed by atoms with Crippen LogP contribution in [0.3, 0.4) is 0 Å². The van der Waals surface area contributed by atoms with Gasteiger partial charge in [0.2, 0.25) is 0 Å². The van der Waals surface area contributed by atoms with Crippen LogP contribution in [0, 0.1) is 0 Å². The third-order valence-electron chi connectivity index (χ3n) is 4.65. The SMILES string of the molecule is CCCCC(NCc1ccc(C(=O)Nc2ccccn2)cc1)OCc1cccnc1. The molecule has 0 aliphatic heterocycles. The maximum atomic E-state index is 12.3. The van der Waals surface area contributed by atoms with Crippen LogP contribution in [0.25, 0.3) is 0 Å². The molecule has 1 atom stereocenters. The molecule has 3 aromatic rings.